The molecule has 5 heteroatoms. The molecular formula is C20H22N2O2S. The molecule has 0 spiro atoms. The maximum atomic E-state index is 11.6. The number of benzene rings is 2. The fourth-order valence-corrected chi connectivity index (χ4v) is 4.21. The van der Waals surface area contributed by atoms with Crippen LogP contribution >= 0.6 is 11.8 Å². The number of nitrogens with zero attached hydrogens (tertiary/aromatic N) is 1. The van der Waals surface area contributed by atoms with Crippen LogP contribution in [0.5, 0.6) is 0 Å². The average molecular weight is 354 g/mol. The van der Waals surface area contributed by atoms with Crippen LogP contribution in [0.1, 0.15) is 11.1 Å². The number of carbonyl (C=O) groups is 2. The molecule has 0 amide bonds. The Morgan fingerprint density at radius 3 is 2.32 bits per heavy atom. The van der Waals surface area contributed by atoms with Gasteiger partial charge in [0.05, 0.1) is 17.8 Å². The van der Waals surface area contributed by atoms with Gasteiger partial charge in [0.1, 0.15) is 12.6 Å². The third-order valence-electron chi connectivity index (χ3n) is 4.43. The molecule has 25 heavy (non-hydrogen) atoms. The largest absolute Gasteiger partial charge is 0.349 e. The van der Waals surface area contributed by atoms with Crippen molar-refractivity contribution in [3.05, 3.63) is 53.6 Å². The molecule has 2 aromatic rings. The summed E-state index contributed by atoms with van der Waals surface area (Å²) in [6.45, 7) is 5.29. The van der Waals surface area contributed by atoms with Crippen LogP contribution in [0.4, 0.5) is 5.69 Å². The minimum absolute atomic E-state index is 0.343. The molecule has 3 rings (SSSR count). The standard InChI is InChI=1S/C20H22N2O2S/c1-14-7-8-19(15(2)9-14)25-20-6-4-3-5-18(20)22-16(12-23)10-21-11-17(22)13-24/h3-9,12-13,16-17,21H,10-11H2,1-2H3. The predicted molar refractivity (Wildman–Crippen MR) is 102 cm³/mol. The van der Waals surface area contributed by atoms with Crippen molar-refractivity contribution in [3.63, 3.8) is 0 Å². The van der Waals surface area contributed by atoms with E-state index in [2.05, 4.69) is 37.4 Å². The Kier molecular flexibility index (Phi) is 5.56. The highest BCUT2D eigenvalue weighted by Crippen LogP contribution is 2.38. The molecule has 1 aliphatic heterocycles. The van der Waals surface area contributed by atoms with Crippen LogP contribution in [0.15, 0.2) is 52.3 Å². The van der Waals surface area contributed by atoms with Crippen LogP contribution in [0.2, 0.25) is 0 Å². The van der Waals surface area contributed by atoms with Crippen LogP contribution in [-0.4, -0.2) is 37.7 Å². The lowest BCUT2D eigenvalue weighted by molar-refractivity contribution is -0.111. The van der Waals surface area contributed by atoms with Crippen molar-refractivity contribution in [2.45, 2.75) is 35.7 Å². The van der Waals surface area contributed by atoms with Crippen LogP contribution in [0.3, 0.4) is 0 Å². The average Bonchev–Trinajstić information content (AvgIpc) is 2.63. The molecule has 0 radical (unpaired) electrons. The van der Waals surface area contributed by atoms with E-state index in [1.54, 1.807) is 11.8 Å². The fraction of sp³-hybridized carbons (Fsp3) is 0.300. The zero-order valence-electron chi connectivity index (χ0n) is 14.4. The van der Waals surface area contributed by atoms with E-state index in [9.17, 15) is 9.59 Å². The van der Waals surface area contributed by atoms with Gasteiger partial charge in [-0.2, -0.15) is 0 Å². The summed E-state index contributed by atoms with van der Waals surface area (Å²) < 4.78 is 0. The van der Waals surface area contributed by atoms with E-state index in [0.29, 0.717) is 13.1 Å². The second kappa shape index (κ2) is 7.85. The summed E-state index contributed by atoms with van der Waals surface area (Å²) in [4.78, 5) is 27.3. The Bertz CT molecular complexity index is 762. The number of hydrogen-bond donors (Lipinski definition) is 1. The zero-order valence-corrected chi connectivity index (χ0v) is 15.3. The minimum atomic E-state index is -0.343. The molecule has 1 aliphatic rings. The first-order valence-corrected chi connectivity index (χ1v) is 9.19. The predicted octanol–water partition coefficient (Wildman–Crippen LogP) is 3.00. The van der Waals surface area contributed by atoms with Gasteiger partial charge in [0.15, 0.2) is 0 Å². The van der Waals surface area contributed by atoms with Gasteiger partial charge in [-0.15, -0.1) is 0 Å². The Labute approximate surface area is 152 Å². The SMILES string of the molecule is Cc1ccc(Sc2ccccc2N2C(C=O)CNCC2C=O)c(C)c1. The molecule has 1 heterocycles. The summed E-state index contributed by atoms with van der Waals surface area (Å²) in [5, 5.41) is 3.16. The summed E-state index contributed by atoms with van der Waals surface area (Å²) in [6.07, 6.45) is 1.84. The van der Waals surface area contributed by atoms with E-state index in [0.717, 1.165) is 23.2 Å². The van der Waals surface area contributed by atoms with Gasteiger partial charge >= 0.3 is 0 Å². The first kappa shape index (κ1) is 17.7. The number of aldehydes is 2. The van der Waals surface area contributed by atoms with E-state index in [1.165, 1.54) is 16.0 Å². The maximum absolute atomic E-state index is 11.6. The molecule has 2 unspecified atom stereocenters. The highest BCUT2D eigenvalue weighted by atomic mass is 32.2. The topological polar surface area (TPSA) is 49.4 Å². The monoisotopic (exact) mass is 354 g/mol. The molecule has 1 N–H and O–H groups in total. The van der Waals surface area contributed by atoms with Gasteiger partial charge in [0.2, 0.25) is 0 Å². The highest BCUT2D eigenvalue weighted by Gasteiger charge is 2.31. The molecule has 2 atom stereocenters. The number of nitrogens with one attached hydrogen (secondary N) is 1. The highest BCUT2D eigenvalue weighted by molar-refractivity contribution is 7.99. The molecule has 0 aliphatic carbocycles. The normalized spacial score (nSPS) is 20.3. The lowest BCUT2D eigenvalue weighted by Crippen LogP contribution is -2.59. The second-order valence-corrected chi connectivity index (χ2v) is 7.39. The van der Waals surface area contributed by atoms with Crippen molar-refractivity contribution in [1.82, 2.24) is 5.32 Å². The lowest BCUT2D eigenvalue weighted by Gasteiger charge is -2.40. The maximum Gasteiger partial charge on any atom is 0.143 e. The summed E-state index contributed by atoms with van der Waals surface area (Å²) in [7, 11) is 0. The molecule has 0 saturated carbocycles. The Hall–Kier alpha value is -2.11. The smallest absolute Gasteiger partial charge is 0.143 e. The summed E-state index contributed by atoms with van der Waals surface area (Å²) in [6, 6.07) is 13.7. The molecule has 0 aromatic heterocycles. The van der Waals surface area contributed by atoms with Crippen molar-refractivity contribution in [2.75, 3.05) is 18.0 Å². The second-order valence-electron chi connectivity index (χ2n) is 6.31. The van der Waals surface area contributed by atoms with Crippen molar-refractivity contribution in [3.8, 4) is 0 Å². The lowest BCUT2D eigenvalue weighted by atomic mass is 10.1. The van der Waals surface area contributed by atoms with Crippen molar-refractivity contribution < 1.29 is 9.59 Å². The van der Waals surface area contributed by atoms with Crippen LogP contribution in [-0.2, 0) is 9.59 Å². The van der Waals surface area contributed by atoms with E-state index in [1.807, 2.05) is 29.2 Å². The Morgan fingerprint density at radius 2 is 1.68 bits per heavy atom. The molecule has 4 nitrogen and oxygen atoms in total. The number of piperazine rings is 1. The van der Waals surface area contributed by atoms with Gasteiger partial charge in [-0.25, -0.2) is 0 Å². The number of para-hydroxylation sites is 1. The molecule has 1 saturated heterocycles. The third kappa shape index (κ3) is 3.78. The van der Waals surface area contributed by atoms with Crippen molar-refractivity contribution in [1.29, 1.82) is 0 Å². The van der Waals surface area contributed by atoms with E-state index >= 15 is 0 Å². The number of hydrogen-bond acceptors (Lipinski definition) is 5. The number of carbonyl (C=O) groups excluding carboxylic acids is 2. The third-order valence-corrected chi connectivity index (χ3v) is 5.67. The van der Waals surface area contributed by atoms with Gasteiger partial charge in [0.25, 0.3) is 0 Å². The first-order valence-electron chi connectivity index (χ1n) is 8.38. The van der Waals surface area contributed by atoms with Gasteiger partial charge in [-0.1, -0.05) is 41.6 Å². The molecular weight excluding hydrogens is 332 g/mol. The Balaban J connectivity index is 1.99. The molecule has 1 fully saturated rings. The van der Waals surface area contributed by atoms with Gasteiger partial charge < -0.3 is 19.8 Å². The van der Waals surface area contributed by atoms with Crippen LogP contribution in [0.25, 0.3) is 0 Å². The summed E-state index contributed by atoms with van der Waals surface area (Å²) in [5.41, 5.74) is 3.39. The van der Waals surface area contributed by atoms with E-state index in [-0.39, 0.29) is 12.1 Å². The van der Waals surface area contributed by atoms with Crippen LogP contribution in [0, 0.1) is 13.8 Å². The molecule has 130 valence electrons. The van der Waals surface area contributed by atoms with Gasteiger partial charge in [0, 0.05) is 22.9 Å². The van der Waals surface area contributed by atoms with E-state index in [4.69, 9.17) is 0 Å². The van der Waals surface area contributed by atoms with E-state index < -0.39 is 0 Å². The Morgan fingerprint density at radius 1 is 1.00 bits per heavy atom. The quantitative estimate of drug-likeness (QED) is 0.837. The number of rotatable bonds is 5. The minimum Gasteiger partial charge on any atom is -0.349 e. The van der Waals surface area contributed by atoms with Crippen LogP contribution < -0.4 is 10.2 Å². The zero-order chi connectivity index (χ0) is 17.8. The molecule has 0 bridgehead atoms. The molecule has 2 aromatic carbocycles. The summed E-state index contributed by atoms with van der Waals surface area (Å²) in [5.74, 6) is 0. The number of anilines is 1. The van der Waals surface area contributed by atoms with Crippen molar-refractivity contribution >= 4 is 30.0 Å². The first-order chi connectivity index (χ1) is 12.1. The fourth-order valence-electron chi connectivity index (χ4n) is 3.20. The number of aryl methyl sites for hydroxylation is 2. The van der Waals surface area contributed by atoms with Gasteiger partial charge in [-0.05, 0) is 37.6 Å². The van der Waals surface area contributed by atoms with Crippen molar-refractivity contribution in [2.24, 2.45) is 0 Å². The van der Waals surface area contributed by atoms with Gasteiger partial charge in [-0.3, -0.25) is 0 Å². The summed E-state index contributed by atoms with van der Waals surface area (Å²) >= 11 is 1.67.